The molecule has 1 fully saturated rings. The molecule has 1 atom stereocenters. The van der Waals surface area contributed by atoms with Crippen molar-refractivity contribution in [3.8, 4) is 0 Å². The zero-order chi connectivity index (χ0) is 31.1. The lowest BCUT2D eigenvalue weighted by Gasteiger charge is -2.36. The van der Waals surface area contributed by atoms with Crippen molar-refractivity contribution in [1.29, 1.82) is 0 Å². The molecule has 1 aromatic carbocycles. The smallest absolute Gasteiger partial charge is 0.383 e. The zero-order valence-electron chi connectivity index (χ0n) is 23.8. The summed E-state index contributed by atoms with van der Waals surface area (Å²) in [6.07, 6.45) is -2.95. The number of likely N-dealkylation sites (N-methyl/N-ethyl adjacent to an activating group) is 1. The van der Waals surface area contributed by atoms with Crippen molar-refractivity contribution in [1.82, 2.24) is 14.9 Å². The number of alkyl halides is 3. The van der Waals surface area contributed by atoms with Gasteiger partial charge in [0.2, 0.25) is 5.91 Å². The van der Waals surface area contributed by atoms with Gasteiger partial charge in [0.25, 0.3) is 0 Å². The molecule has 2 aromatic heterocycles. The average Bonchev–Trinajstić information content (AvgIpc) is 3.35. The topological polar surface area (TPSA) is 65.0 Å². The molecule has 0 saturated carbocycles. The van der Waals surface area contributed by atoms with Crippen LogP contribution >= 0.6 is 11.6 Å². The highest BCUT2D eigenvalue weighted by atomic mass is 35.5. The standard InChI is InChI=1S/C29H30ClF5N6O2/c1-17-10-19(29(33,34)35)13-26(37-17)41-25(28(42)38(2)24-14-21(30)22(31)15-23(24)32)12-18-11-20(16-36-27(18)41)40-6-4-39(5-7-40)8-9-43-3/h10-11,13-16,25H,4-9,12H2,1-3H3. The quantitative estimate of drug-likeness (QED) is 0.264. The van der Waals surface area contributed by atoms with Crippen LogP contribution in [-0.2, 0) is 22.1 Å². The van der Waals surface area contributed by atoms with Crippen LogP contribution in [0.15, 0.2) is 36.5 Å². The van der Waals surface area contributed by atoms with Gasteiger partial charge in [-0.25, -0.2) is 18.7 Å². The first-order chi connectivity index (χ1) is 20.4. The number of hydrogen-bond acceptors (Lipinski definition) is 7. The van der Waals surface area contributed by atoms with Gasteiger partial charge in [-0.2, -0.15) is 13.2 Å². The Balaban J connectivity index is 1.51. The first kappa shape index (κ1) is 30.9. The molecule has 3 aromatic rings. The van der Waals surface area contributed by atoms with Gasteiger partial charge in [0, 0.05) is 65.1 Å². The number of carbonyl (C=O) groups excluding carboxylic acids is 1. The molecule has 14 heteroatoms. The van der Waals surface area contributed by atoms with E-state index in [2.05, 4.69) is 19.8 Å². The van der Waals surface area contributed by atoms with E-state index in [1.165, 1.54) is 18.9 Å². The summed E-state index contributed by atoms with van der Waals surface area (Å²) in [4.78, 5) is 29.6. The van der Waals surface area contributed by atoms with Crippen molar-refractivity contribution in [3.63, 3.8) is 0 Å². The van der Waals surface area contributed by atoms with E-state index in [-0.39, 0.29) is 34.5 Å². The Hall–Kier alpha value is -3.55. The predicted octanol–water partition coefficient (Wildman–Crippen LogP) is 5.23. The minimum Gasteiger partial charge on any atom is -0.383 e. The molecule has 0 bridgehead atoms. The number of halogens is 6. The molecule has 8 nitrogen and oxygen atoms in total. The molecule has 5 rings (SSSR count). The van der Waals surface area contributed by atoms with Gasteiger partial charge >= 0.3 is 6.18 Å². The second-order valence-electron chi connectivity index (χ2n) is 10.6. The summed E-state index contributed by atoms with van der Waals surface area (Å²) in [7, 11) is 2.95. The lowest BCUT2D eigenvalue weighted by molar-refractivity contribution is -0.137. The van der Waals surface area contributed by atoms with E-state index in [0.717, 1.165) is 61.5 Å². The number of fused-ring (bicyclic) bond motifs is 1. The molecule has 1 saturated heterocycles. The number of methoxy groups -OCH3 is 1. The number of aromatic nitrogens is 2. The number of hydrogen-bond donors (Lipinski definition) is 0. The van der Waals surface area contributed by atoms with Crippen molar-refractivity contribution >= 4 is 40.5 Å². The number of rotatable bonds is 7. The maximum absolute atomic E-state index is 14.7. The van der Waals surface area contributed by atoms with Crippen LogP contribution in [0.5, 0.6) is 0 Å². The van der Waals surface area contributed by atoms with Crippen LogP contribution in [0.1, 0.15) is 16.8 Å². The number of piperazine rings is 1. The summed E-state index contributed by atoms with van der Waals surface area (Å²) in [5, 5.41) is -0.383. The zero-order valence-corrected chi connectivity index (χ0v) is 24.5. The van der Waals surface area contributed by atoms with Gasteiger partial charge in [0.05, 0.1) is 34.8 Å². The van der Waals surface area contributed by atoms with Crippen LogP contribution in [-0.4, -0.2) is 80.3 Å². The van der Waals surface area contributed by atoms with E-state index >= 15 is 0 Å². The number of nitrogens with zero attached hydrogens (tertiary/aromatic N) is 6. The molecular weight excluding hydrogens is 595 g/mol. The summed E-state index contributed by atoms with van der Waals surface area (Å²) < 4.78 is 75.0. The van der Waals surface area contributed by atoms with Crippen LogP contribution in [0.3, 0.4) is 0 Å². The Labute approximate surface area is 250 Å². The van der Waals surface area contributed by atoms with Gasteiger partial charge in [-0.1, -0.05) is 11.6 Å². The van der Waals surface area contributed by atoms with Gasteiger partial charge < -0.3 is 14.5 Å². The Morgan fingerprint density at radius 1 is 1.09 bits per heavy atom. The summed E-state index contributed by atoms with van der Waals surface area (Å²) in [6.45, 7) is 5.99. The van der Waals surface area contributed by atoms with Crippen LogP contribution in [0.25, 0.3) is 0 Å². The van der Waals surface area contributed by atoms with Gasteiger partial charge in [0.1, 0.15) is 29.3 Å². The van der Waals surface area contributed by atoms with Crippen molar-refractivity contribution in [2.24, 2.45) is 0 Å². The molecule has 1 unspecified atom stereocenters. The van der Waals surface area contributed by atoms with Crippen LogP contribution in [0, 0.1) is 18.6 Å². The highest BCUT2D eigenvalue weighted by Gasteiger charge is 2.41. The molecule has 2 aliphatic heterocycles. The molecule has 1 amide bonds. The molecule has 0 spiro atoms. The minimum atomic E-state index is -4.65. The third kappa shape index (κ3) is 6.38. The summed E-state index contributed by atoms with van der Waals surface area (Å²) in [5.74, 6) is -2.51. The predicted molar refractivity (Wildman–Crippen MR) is 153 cm³/mol. The average molecular weight is 625 g/mol. The maximum atomic E-state index is 14.7. The third-order valence-corrected chi connectivity index (χ3v) is 8.00. The van der Waals surface area contributed by atoms with E-state index < -0.39 is 35.3 Å². The number of ether oxygens (including phenoxy) is 1. The fourth-order valence-corrected chi connectivity index (χ4v) is 5.60. The number of anilines is 4. The first-order valence-corrected chi connectivity index (χ1v) is 14.0. The molecule has 0 radical (unpaired) electrons. The molecule has 0 N–H and O–H groups in total. The second-order valence-corrected chi connectivity index (χ2v) is 11.0. The fourth-order valence-electron chi connectivity index (χ4n) is 5.44. The van der Waals surface area contributed by atoms with Crippen molar-refractivity contribution in [3.05, 3.63) is 70.0 Å². The Kier molecular flexibility index (Phi) is 8.77. The Morgan fingerprint density at radius 2 is 1.81 bits per heavy atom. The molecule has 2 aliphatic rings. The van der Waals surface area contributed by atoms with Crippen molar-refractivity contribution in [2.45, 2.75) is 25.6 Å². The highest BCUT2D eigenvalue weighted by molar-refractivity contribution is 6.31. The number of pyridine rings is 2. The van der Waals surface area contributed by atoms with Crippen LogP contribution < -0.4 is 14.7 Å². The Morgan fingerprint density at radius 3 is 2.49 bits per heavy atom. The van der Waals surface area contributed by atoms with E-state index in [1.807, 2.05) is 6.07 Å². The van der Waals surface area contributed by atoms with Gasteiger partial charge in [0.15, 0.2) is 0 Å². The lowest BCUT2D eigenvalue weighted by atomic mass is 10.1. The number of aryl methyl sites for hydroxylation is 1. The van der Waals surface area contributed by atoms with E-state index in [9.17, 15) is 26.7 Å². The third-order valence-electron chi connectivity index (χ3n) is 7.71. The number of amides is 1. The molecule has 4 heterocycles. The van der Waals surface area contributed by atoms with Crippen molar-refractivity contribution in [2.75, 3.05) is 68.2 Å². The first-order valence-electron chi connectivity index (χ1n) is 13.6. The minimum absolute atomic E-state index is 0.0701. The summed E-state index contributed by atoms with van der Waals surface area (Å²) in [5.41, 5.74) is 0.330. The van der Waals surface area contributed by atoms with Gasteiger partial charge in [-0.15, -0.1) is 0 Å². The maximum Gasteiger partial charge on any atom is 0.416 e. The molecular formula is C29H30ClF5N6O2. The van der Waals surface area contributed by atoms with E-state index in [4.69, 9.17) is 16.3 Å². The highest BCUT2D eigenvalue weighted by Crippen LogP contribution is 2.41. The van der Waals surface area contributed by atoms with E-state index in [1.54, 1.807) is 13.3 Å². The second kappa shape index (κ2) is 12.2. The van der Waals surface area contributed by atoms with Gasteiger partial charge in [-0.05, 0) is 36.8 Å². The molecule has 43 heavy (non-hydrogen) atoms. The van der Waals surface area contributed by atoms with Crippen LogP contribution in [0.4, 0.5) is 45.0 Å². The van der Waals surface area contributed by atoms with E-state index in [0.29, 0.717) is 18.2 Å². The molecule has 0 aliphatic carbocycles. The lowest BCUT2D eigenvalue weighted by Crippen LogP contribution is -2.47. The normalized spacial score (nSPS) is 17.4. The SMILES string of the molecule is COCCN1CCN(c2cnc3c(c2)CC(C(=O)N(C)c2cc(Cl)c(F)cc2F)N3c2cc(C(F)(F)F)cc(C)n2)CC1. The monoisotopic (exact) mass is 624 g/mol. The van der Waals surface area contributed by atoms with Gasteiger partial charge in [-0.3, -0.25) is 14.6 Å². The Bertz CT molecular complexity index is 1520. The number of benzene rings is 1. The molecule has 230 valence electrons. The fraction of sp³-hybridized carbons (Fsp3) is 0.414. The van der Waals surface area contributed by atoms with Crippen LogP contribution in [0.2, 0.25) is 5.02 Å². The summed E-state index contributed by atoms with van der Waals surface area (Å²) >= 11 is 5.86. The largest absolute Gasteiger partial charge is 0.416 e. The number of carbonyl (C=O) groups is 1. The summed E-state index contributed by atoms with van der Waals surface area (Å²) in [6, 6.07) is 4.11. The van der Waals surface area contributed by atoms with Crippen molar-refractivity contribution < 1.29 is 31.5 Å².